The summed E-state index contributed by atoms with van der Waals surface area (Å²) in [7, 11) is 0. The molecule has 0 aromatic carbocycles. The molecule has 0 radical (unpaired) electrons. The molecule has 3 atom stereocenters. The van der Waals surface area contributed by atoms with Gasteiger partial charge in [0.1, 0.15) is 0 Å². The predicted molar refractivity (Wildman–Crippen MR) is 83.5 cm³/mol. The largest absolute Gasteiger partial charge is 0.373 e. The van der Waals surface area contributed by atoms with E-state index in [0.29, 0.717) is 12.0 Å². The van der Waals surface area contributed by atoms with E-state index >= 15 is 0 Å². The fraction of sp³-hybridized carbons (Fsp3) is 1.00. The second kappa shape index (κ2) is 8.26. The quantitative estimate of drug-likeness (QED) is 0.706. The van der Waals surface area contributed by atoms with E-state index in [1.165, 1.54) is 38.5 Å². The molecule has 0 aromatic heterocycles. The number of nitrogens with one attached hydrogen (secondary N) is 1. The maximum Gasteiger partial charge on any atom is 0.0809 e. The maximum absolute atomic E-state index is 6.44. The van der Waals surface area contributed by atoms with Crippen LogP contribution in [0.15, 0.2) is 0 Å². The lowest BCUT2D eigenvalue weighted by molar-refractivity contribution is -0.0913. The number of hydrogen-bond donors (Lipinski definition) is 1. The zero-order chi connectivity index (χ0) is 14.3. The molecule has 114 valence electrons. The van der Waals surface area contributed by atoms with Crippen molar-refractivity contribution in [3.8, 4) is 0 Å². The Bertz CT molecular complexity index is 241. The molecule has 0 saturated heterocycles. The van der Waals surface area contributed by atoms with Crippen molar-refractivity contribution in [3.63, 3.8) is 0 Å². The van der Waals surface area contributed by atoms with Crippen molar-refractivity contribution < 1.29 is 4.74 Å². The van der Waals surface area contributed by atoms with Gasteiger partial charge in [-0.2, -0.15) is 0 Å². The molecule has 1 aliphatic rings. The van der Waals surface area contributed by atoms with Crippen LogP contribution < -0.4 is 5.32 Å². The van der Waals surface area contributed by atoms with Gasteiger partial charge in [-0.05, 0) is 31.1 Å². The second-order valence-electron chi connectivity index (χ2n) is 7.12. The van der Waals surface area contributed by atoms with Gasteiger partial charge in [0.2, 0.25) is 0 Å². The van der Waals surface area contributed by atoms with Crippen molar-refractivity contribution in [2.45, 2.75) is 84.8 Å². The molecule has 1 N–H and O–H groups in total. The molecule has 0 aliphatic heterocycles. The molecular formula is C17H35NO. The van der Waals surface area contributed by atoms with Crippen molar-refractivity contribution in [3.05, 3.63) is 0 Å². The Morgan fingerprint density at radius 3 is 2.63 bits per heavy atom. The minimum atomic E-state index is 0.101. The average Bonchev–Trinajstić information content (AvgIpc) is 2.35. The molecule has 0 bridgehead atoms. The Morgan fingerprint density at radius 2 is 2.05 bits per heavy atom. The Labute approximate surface area is 120 Å². The first-order chi connectivity index (χ1) is 8.97. The normalized spacial score (nSPS) is 29.7. The summed E-state index contributed by atoms with van der Waals surface area (Å²) in [5.74, 6) is 1.50. The summed E-state index contributed by atoms with van der Waals surface area (Å²) < 4.78 is 6.44. The zero-order valence-electron chi connectivity index (χ0n) is 13.8. The molecule has 19 heavy (non-hydrogen) atoms. The Morgan fingerprint density at radius 1 is 1.32 bits per heavy atom. The van der Waals surface area contributed by atoms with Gasteiger partial charge in [0.05, 0.1) is 5.60 Å². The van der Waals surface area contributed by atoms with Gasteiger partial charge in [-0.25, -0.2) is 0 Å². The zero-order valence-corrected chi connectivity index (χ0v) is 13.8. The molecule has 3 unspecified atom stereocenters. The van der Waals surface area contributed by atoms with E-state index in [1.807, 2.05) is 0 Å². The fourth-order valence-electron chi connectivity index (χ4n) is 3.24. The minimum Gasteiger partial charge on any atom is -0.373 e. The summed E-state index contributed by atoms with van der Waals surface area (Å²) in [5, 5.41) is 3.61. The summed E-state index contributed by atoms with van der Waals surface area (Å²) in [5.41, 5.74) is 0.101. The lowest BCUT2D eigenvalue weighted by Gasteiger charge is -2.41. The van der Waals surface area contributed by atoms with Crippen molar-refractivity contribution in [1.29, 1.82) is 0 Å². The van der Waals surface area contributed by atoms with Crippen LogP contribution in [0.1, 0.15) is 73.1 Å². The molecule has 1 rings (SSSR count). The van der Waals surface area contributed by atoms with Crippen molar-refractivity contribution in [2.24, 2.45) is 11.8 Å². The van der Waals surface area contributed by atoms with Crippen molar-refractivity contribution >= 4 is 0 Å². The highest BCUT2D eigenvalue weighted by Gasteiger charge is 2.36. The van der Waals surface area contributed by atoms with Gasteiger partial charge in [-0.3, -0.25) is 0 Å². The molecule has 0 aromatic rings. The van der Waals surface area contributed by atoms with Gasteiger partial charge in [0.25, 0.3) is 0 Å². The highest BCUT2D eigenvalue weighted by molar-refractivity contribution is 4.89. The minimum absolute atomic E-state index is 0.101. The topological polar surface area (TPSA) is 21.3 Å². The van der Waals surface area contributed by atoms with Crippen molar-refractivity contribution in [2.75, 3.05) is 13.2 Å². The van der Waals surface area contributed by atoms with Crippen LogP contribution in [0.4, 0.5) is 0 Å². The molecule has 2 heteroatoms. The highest BCUT2D eigenvalue weighted by Crippen LogP contribution is 2.35. The third-order valence-electron chi connectivity index (χ3n) is 4.34. The molecule has 1 aliphatic carbocycles. The van der Waals surface area contributed by atoms with Crippen LogP contribution in [-0.4, -0.2) is 24.8 Å². The van der Waals surface area contributed by atoms with E-state index in [4.69, 9.17) is 4.74 Å². The van der Waals surface area contributed by atoms with Gasteiger partial charge < -0.3 is 10.1 Å². The smallest absolute Gasteiger partial charge is 0.0809 e. The lowest BCUT2D eigenvalue weighted by atomic mass is 9.78. The SMILES string of the molecule is CCCC(C)COC1(CNC(C)C)CCCC(C)C1. The molecule has 0 heterocycles. The summed E-state index contributed by atoms with van der Waals surface area (Å²) in [4.78, 5) is 0. The standard InChI is InChI=1S/C17H35NO/c1-6-8-16(5)12-19-17(13-18-14(2)3)10-7-9-15(4)11-17/h14-16,18H,6-13H2,1-5H3. The average molecular weight is 269 g/mol. The van der Waals surface area contributed by atoms with E-state index < -0.39 is 0 Å². The predicted octanol–water partition coefficient (Wildman–Crippen LogP) is 4.39. The summed E-state index contributed by atoms with van der Waals surface area (Å²) in [6.45, 7) is 13.4. The first-order valence-corrected chi connectivity index (χ1v) is 8.35. The summed E-state index contributed by atoms with van der Waals surface area (Å²) in [6, 6.07) is 0.547. The molecule has 0 amide bonds. The summed E-state index contributed by atoms with van der Waals surface area (Å²) >= 11 is 0. The second-order valence-corrected chi connectivity index (χ2v) is 7.12. The number of rotatable bonds is 8. The first kappa shape index (κ1) is 17.0. The summed E-state index contributed by atoms with van der Waals surface area (Å²) in [6.07, 6.45) is 7.70. The molecule has 2 nitrogen and oxygen atoms in total. The Balaban J connectivity index is 2.53. The third kappa shape index (κ3) is 6.27. The molecule has 1 saturated carbocycles. The van der Waals surface area contributed by atoms with Crippen LogP contribution in [0.3, 0.4) is 0 Å². The third-order valence-corrected chi connectivity index (χ3v) is 4.34. The molecule has 0 spiro atoms. The van der Waals surface area contributed by atoms with Crippen LogP contribution in [-0.2, 0) is 4.74 Å². The van der Waals surface area contributed by atoms with E-state index in [-0.39, 0.29) is 5.60 Å². The van der Waals surface area contributed by atoms with Crippen LogP contribution in [0, 0.1) is 11.8 Å². The lowest BCUT2D eigenvalue weighted by Crippen LogP contribution is -2.48. The first-order valence-electron chi connectivity index (χ1n) is 8.35. The van der Waals surface area contributed by atoms with Gasteiger partial charge in [0, 0.05) is 19.2 Å². The fourth-order valence-corrected chi connectivity index (χ4v) is 3.24. The molecule has 1 fully saturated rings. The highest BCUT2D eigenvalue weighted by atomic mass is 16.5. The Kier molecular flexibility index (Phi) is 7.38. The number of ether oxygens (including phenoxy) is 1. The van der Waals surface area contributed by atoms with E-state index in [1.54, 1.807) is 0 Å². The van der Waals surface area contributed by atoms with E-state index in [9.17, 15) is 0 Å². The Hall–Kier alpha value is -0.0800. The maximum atomic E-state index is 6.44. The molecular weight excluding hydrogens is 234 g/mol. The van der Waals surface area contributed by atoms with Gasteiger partial charge in [-0.1, -0.05) is 53.9 Å². The monoisotopic (exact) mass is 269 g/mol. The van der Waals surface area contributed by atoms with Crippen molar-refractivity contribution in [1.82, 2.24) is 5.32 Å². The van der Waals surface area contributed by atoms with E-state index in [2.05, 4.69) is 39.9 Å². The van der Waals surface area contributed by atoms with E-state index in [0.717, 1.165) is 19.1 Å². The van der Waals surface area contributed by atoms with Crippen LogP contribution >= 0.6 is 0 Å². The van der Waals surface area contributed by atoms with Gasteiger partial charge >= 0.3 is 0 Å². The van der Waals surface area contributed by atoms with Crippen LogP contribution in [0.25, 0.3) is 0 Å². The van der Waals surface area contributed by atoms with Gasteiger partial charge in [0.15, 0.2) is 0 Å². The van der Waals surface area contributed by atoms with Crippen LogP contribution in [0.5, 0.6) is 0 Å². The number of hydrogen-bond acceptors (Lipinski definition) is 2. The van der Waals surface area contributed by atoms with Gasteiger partial charge in [-0.15, -0.1) is 0 Å². The van der Waals surface area contributed by atoms with Crippen LogP contribution in [0.2, 0.25) is 0 Å².